The molecule has 1 aromatic carbocycles. The van der Waals surface area contributed by atoms with Crippen LogP contribution in [0.25, 0.3) is 0 Å². The third kappa shape index (κ3) is 5.32. The van der Waals surface area contributed by atoms with Crippen LogP contribution in [-0.2, 0) is 16.0 Å². The van der Waals surface area contributed by atoms with Gasteiger partial charge >= 0.3 is 0 Å². The number of hydrogen-bond acceptors (Lipinski definition) is 4. The second kappa shape index (κ2) is 8.67. The van der Waals surface area contributed by atoms with Gasteiger partial charge in [0.25, 0.3) is 0 Å². The van der Waals surface area contributed by atoms with Gasteiger partial charge in [0.1, 0.15) is 0 Å². The molecule has 1 saturated heterocycles. The van der Waals surface area contributed by atoms with Gasteiger partial charge in [0.05, 0.1) is 13.0 Å². The van der Waals surface area contributed by atoms with Gasteiger partial charge in [-0.15, -0.1) is 11.3 Å². The predicted molar refractivity (Wildman–Crippen MR) is 102 cm³/mol. The SMILES string of the molecule is O=C(Cc1cccs1)NCC(=O)Nc1ccc(N2CCCCC2)cc1. The lowest BCUT2D eigenvalue weighted by atomic mass is 10.1. The van der Waals surface area contributed by atoms with E-state index < -0.39 is 0 Å². The van der Waals surface area contributed by atoms with Crippen molar-refractivity contribution in [3.63, 3.8) is 0 Å². The number of nitrogens with one attached hydrogen (secondary N) is 2. The number of nitrogens with zero attached hydrogens (tertiary/aromatic N) is 1. The van der Waals surface area contributed by atoms with E-state index in [0.29, 0.717) is 6.42 Å². The van der Waals surface area contributed by atoms with Crippen molar-refractivity contribution in [3.8, 4) is 0 Å². The molecule has 1 fully saturated rings. The number of carbonyl (C=O) groups is 2. The van der Waals surface area contributed by atoms with Crippen LogP contribution in [0.15, 0.2) is 41.8 Å². The van der Waals surface area contributed by atoms with Gasteiger partial charge in [-0.1, -0.05) is 6.07 Å². The van der Waals surface area contributed by atoms with Crippen LogP contribution in [0, 0.1) is 0 Å². The van der Waals surface area contributed by atoms with Crippen LogP contribution >= 0.6 is 11.3 Å². The maximum Gasteiger partial charge on any atom is 0.243 e. The molecule has 25 heavy (non-hydrogen) atoms. The highest BCUT2D eigenvalue weighted by Gasteiger charge is 2.11. The first-order valence-corrected chi connectivity index (χ1v) is 9.52. The van der Waals surface area contributed by atoms with E-state index in [1.54, 1.807) is 0 Å². The molecular weight excluding hydrogens is 334 g/mol. The standard InChI is InChI=1S/C19H23N3O2S/c23-18(13-17-5-4-12-25-17)20-14-19(24)21-15-6-8-16(9-7-15)22-10-2-1-3-11-22/h4-9,12H,1-3,10-11,13-14H2,(H,20,23)(H,21,24). The van der Waals surface area contributed by atoms with Crippen LogP contribution in [0.2, 0.25) is 0 Å². The summed E-state index contributed by atoms with van der Waals surface area (Å²) in [6.07, 6.45) is 4.10. The Morgan fingerprint density at radius 1 is 1.00 bits per heavy atom. The Balaban J connectivity index is 1.43. The highest BCUT2D eigenvalue weighted by molar-refractivity contribution is 7.10. The summed E-state index contributed by atoms with van der Waals surface area (Å²) in [5, 5.41) is 7.40. The van der Waals surface area contributed by atoms with Crippen molar-refractivity contribution in [2.75, 3.05) is 29.9 Å². The lowest BCUT2D eigenvalue weighted by Gasteiger charge is -2.28. The van der Waals surface area contributed by atoms with Crippen molar-refractivity contribution in [3.05, 3.63) is 46.7 Å². The average Bonchev–Trinajstić information content (AvgIpc) is 3.14. The third-order valence-corrected chi connectivity index (χ3v) is 5.11. The first-order chi connectivity index (χ1) is 12.2. The predicted octanol–water partition coefficient (Wildman–Crippen LogP) is 3.04. The Labute approximate surface area is 152 Å². The maximum absolute atomic E-state index is 12.0. The normalized spacial score (nSPS) is 14.2. The van der Waals surface area contributed by atoms with Gasteiger partial charge in [0.15, 0.2) is 0 Å². The minimum Gasteiger partial charge on any atom is -0.372 e. The van der Waals surface area contributed by atoms with Gasteiger partial charge in [0.2, 0.25) is 11.8 Å². The molecule has 0 aliphatic carbocycles. The summed E-state index contributed by atoms with van der Waals surface area (Å²) in [5.41, 5.74) is 1.94. The molecule has 0 saturated carbocycles. The van der Waals surface area contributed by atoms with Crippen LogP contribution in [0.3, 0.4) is 0 Å². The molecule has 6 heteroatoms. The summed E-state index contributed by atoms with van der Waals surface area (Å²) in [6, 6.07) is 11.7. The Kier molecular flexibility index (Phi) is 6.06. The molecule has 2 aromatic rings. The van der Waals surface area contributed by atoms with Gasteiger partial charge in [-0.3, -0.25) is 9.59 Å². The molecule has 2 N–H and O–H groups in total. The number of piperidine rings is 1. The molecule has 1 aromatic heterocycles. The summed E-state index contributed by atoms with van der Waals surface area (Å²) >= 11 is 1.54. The van der Waals surface area contributed by atoms with Crippen molar-refractivity contribution in [1.29, 1.82) is 0 Å². The quantitative estimate of drug-likeness (QED) is 0.835. The first-order valence-electron chi connectivity index (χ1n) is 8.65. The number of anilines is 2. The number of rotatable bonds is 6. The summed E-state index contributed by atoms with van der Waals surface area (Å²) in [7, 11) is 0. The molecule has 1 aliphatic rings. The van der Waals surface area contributed by atoms with Gasteiger partial charge in [-0.25, -0.2) is 0 Å². The lowest BCUT2D eigenvalue weighted by molar-refractivity contribution is -0.123. The second-order valence-corrected chi connectivity index (χ2v) is 7.21. The zero-order chi connectivity index (χ0) is 17.5. The molecule has 0 atom stereocenters. The topological polar surface area (TPSA) is 61.4 Å². The fourth-order valence-electron chi connectivity index (χ4n) is 2.93. The van der Waals surface area contributed by atoms with Gasteiger partial charge in [0, 0.05) is 29.3 Å². The van der Waals surface area contributed by atoms with Crippen LogP contribution in [-0.4, -0.2) is 31.4 Å². The summed E-state index contributed by atoms with van der Waals surface area (Å²) in [4.78, 5) is 27.1. The minimum atomic E-state index is -0.217. The highest BCUT2D eigenvalue weighted by Crippen LogP contribution is 2.21. The monoisotopic (exact) mass is 357 g/mol. The first kappa shape index (κ1) is 17.5. The molecule has 5 nitrogen and oxygen atoms in total. The maximum atomic E-state index is 12.0. The largest absolute Gasteiger partial charge is 0.372 e. The summed E-state index contributed by atoms with van der Waals surface area (Å²) in [6.45, 7) is 2.18. The molecular formula is C19H23N3O2S. The average molecular weight is 357 g/mol. The van der Waals surface area contributed by atoms with Crippen molar-refractivity contribution in [2.45, 2.75) is 25.7 Å². The fraction of sp³-hybridized carbons (Fsp3) is 0.368. The van der Waals surface area contributed by atoms with E-state index in [9.17, 15) is 9.59 Å². The van der Waals surface area contributed by atoms with Crippen LogP contribution in [0.4, 0.5) is 11.4 Å². The van der Waals surface area contributed by atoms with Gasteiger partial charge in [-0.05, 0) is 55.0 Å². The number of hydrogen-bond donors (Lipinski definition) is 2. The summed E-state index contributed by atoms with van der Waals surface area (Å²) < 4.78 is 0. The Morgan fingerprint density at radius 2 is 1.76 bits per heavy atom. The van der Waals surface area contributed by atoms with Gasteiger partial charge < -0.3 is 15.5 Å². The molecule has 0 radical (unpaired) electrons. The van der Waals surface area contributed by atoms with E-state index in [1.807, 2.05) is 41.8 Å². The zero-order valence-electron chi connectivity index (χ0n) is 14.2. The van der Waals surface area contributed by atoms with E-state index in [0.717, 1.165) is 23.7 Å². The molecule has 2 heterocycles. The van der Waals surface area contributed by atoms with Gasteiger partial charge in [-0.2, -0.15) is 0 Å². The summed E-state index contributed by atoms with van der Waals surface area (Å²) in [5.74, 6) is -0.358. The van der Waals surface area contributed by atoms with Crippen LogP contribution in [0.5, 0.6) is 0 Å². The second-order valence-electron chi connectivity index (χ2n) is 6.18. The van der Waals surface area contributed by atoms with Crippen molar-refractivity contribution >= 4 is 34.5 Å². The van der Waals surface area contributed by atoms with Crippen LogP contribution in [0.1, 0.15) is 24.1 Å². The van der Waals surface area contributed by atoms with Crippen molar-refractivity contribution in [2.24, 2.45) is 0 Å². The van der Waals surface area contributed by atoms with Crippen molar-refractivity contribution in [1.82, 2.24) is 5.32 Å². The Morgan fingerprint density at radius 3 is 2.44 bits per heavy atom. The van der Waals surface area contributed by atoms with E-state index in [-0.39, 0.29) is 18.4 Å². The molecule has 0 unspecified atom stereocenters. The van der Waals surface area contributed by atoms with E-state index >= 15 is 0 Å². The molecule has 0 bridgehead atoms. The van der Waals surface area contributed by atoms with Crippen LogP contribution < -0.4 is 15.5 Å². The third-order valence-electron chi connectivity index (χ3n) is 4.23. The minimum absolute atomic E-state index is 0.0158. The molecule has 3 rings (SSSR count). The Hall–Kier alpha value is -2.34. The number of amides is 2. The zero-order valence-corrected chi connectivity index (χ0v) is 15.0. The fourth-order valence-corrected chi connectivity index (χ4v) is 3.63. The molecule has 132 valence electrons. The smallest absolute Gasteiger partial charge is 0.243 e. The molecule has 2 amide bonds. The van der Waals surface area contributed by atoms with E-state index in [2.05, 4.69) is 15.5 Å². The van der Waals surface area contributed by atoms with E-state index in [4.69, 9.17) is 0 Å². The Bertz CT molecular complexity index is 692. The number of benzene rings is 1. The number of thiophene rings is 1. The van der Waals surface area contributed by atoms with E-state index in [1.165, 1.54) is 36.3 Å². The number of carbonyl (C=O) groups excluding carboxylic acids is 2. The highest BCUT2D eigenvalue weighted by atomic mass is 32.1. The van der Waals surface area contributed by atoms with Crippen molar-refractivity contribution < 1.29 is 9.59 Å². The molecule has 0 spiro atoms. The lowest BCUT2D eigenvalue weighted by Crippen LogP contribution is -2.33. The molecule has 1 aliphatic heterocycles.